The van der Waals surface area contributed by atoms with Gasteiger partial charge in [0.2, 0.25) is 0 Å². The molecule has 3 aliphatic carbocycles. The van der Waals surface area contributed by atoms with E-state index in [0.717, 1.165) is 38.8 Å². The lowest BCUT2D eigenvalue weighted by atomic mass is 9.79. The summed E-state index contributed by atoms with van der Waals surface area (Å²) in [4.78, 5) is 4.64. The summed E-state index contributed by atoms with van der Waals surface area (Å²) in [6, 6.07) is 1.07. The molecule has 5 nitrogen and oxygen atoms in total. The number of nitrogens with one attached hydrogen (secondary N) is 2. The summed E-state index contributed by atoms with van der Waals surface area (Å²) in [5.41, 5.74) is -1.60. The van der Waals surface area contributed by atoms with Gasteiger partial charge in [-0.1, -0.05) is 13.8 Å². The molecule has 0 aromatic carbocycles. The number of piperidine rings is 1. The van der Waals surface area contributed by atoms with Gasteiger partial charge in [0.15, 0.2) is 0 Å². The van der Waals surface area contributed by atoms with Crippen molar-refractivity contribution in [3.63, 3.8) is 0 Å². The van der Waals surface area contributed by atoms with Crippen molar-refractivity contribution in [2.75, 3.05) is 33.3 Å². The molecule has 4 rings (SSSR count). The molecule has 2 unspecified atom stereocenters. The Morgan fingerprint density at radius 2 is 1.75 bits per heavy atom. The molecule has 1 heterocycles. The summed E-state index contributed by atoms with van der Waals surface area (Å²) in [5.74, 6) is -2.93. The molecule has 0 spiro atoms. The molecule has 210 valence electrons. The molecule has 3 N–H and O–H groups in total. The van der Waals surface area contributed by atoms with Crippen LogP contribution in [0, 0.1) is 17.8 Å². The van der Waals surface area contributed by atoms with E-state index in [1.165, 1.54) is 0 Å². The molecule has 8 atom stereocenters. The van der Waals surface area contributed by atoms with Gasteiger partial charge in [-0.25, -0.2) is 13.2 Å². The molecule has 3 saturated carbocycles. The van der Waals surface area contributed by atoms with Gasteiger partial charge in [0, 0.05) is 60.7 Å². The number of hydrogen-bond acceptors (Lipinski definition) is 5. The molecule has 4 fully saturated rings. The van der Waals surface area contributed by atoms with E-state index < -0.39 is 30.0 Å². The van der Waals surface area contributed by atoms with Crippen molar-refractivity contribution in [1.29, 1.82) is 0 Å². The lowest BCUT2D eigenvalue weighted by Crippen LogP contribution is -2.60. The molecule has 0 amide bonds. The third kappa shape index (κ3) is 6.41. The highest BCUT2D eigenvalue weighted by Gasteiger charge is 2.70. The van der Waals surface area contributed by atoms with Crippen LogP contribution < -0.4 is 10.6 Å². The maximum Gasteiger partial charge on any atom is 0.254 e. The number of likely N-dealkylation sites (tertiary alicyclic amines) is 1. The molecule has 8 heteroatoms. The smallest absolute Gasteiger partial charge is 0.254 e. The average molecular weight is 517 g/mol. The van der Waals surface area contributed by atoms with E-state index in [9.17, 15) is 13.9 Å². The predicted molar refractivity (Wildman–Crippen MR) is 139 cm³/mol. The van der Waals surface area contributed by atoms with Crippen molar-refractivity contribution in [1.82, 2.24) is 20.4 Å². The Morgan fingerprint density at radius 1 is 1.06 bits per heavy atom. The number of fused-ring (bicyclic) bond motifs is 1. The van der Waals surface area contributed by atoms with Crippen molar-refractivity contribution in [3.05, 3.63) is 0 Å². The number of aliphatic hydroxyl groups is 1. The normalized spacial score (nSPS) is 41.5. The zero-order chi connectivity index (χ0) is 26.5. The lowest BCUT2D eigenvalue weighted by molar-refractivity contribution is -0.0331. The summed E-state index contributed by atoms with van der Waals surface area (Å²) in [6.07, 6.45) is 5.42. The van der Waals surface area contributed by atoms with Gasteiger partial charge in [0.1, 0.15) is 5.67 Å². The average Bonchev–Trinajstić information content (AvgIpc) is 3.31. The molecule has 0 aromatic heterocycles. The Balaban J connectivity index is 1.41. The van der Waals surface area contributed by atoms with Crippen LogP contribution in [0.25, 0.3) is 0 Å². The van der Waals surface area contributed by atoms with Crippen molar-refractivity contribution in [2.24, 2.45) is 17.8 Å². The number of rotatable bonds is 8. The minimum Gasteiger partial charge on any atom is -0.393 e. The van der Waals surface area contributed by atoms with E-state index in [-0.39, 0.29) is 29.7 Å². The lowest BCUT2D eigenvalue weighted by Gasteiger charge is -2.48. The monoisotopic (exact) mass is 516 g/mol. The van der Waals surface area contributed by atoms with Crippen LogP contribution in [-0.2, 0) is 0 Å². The van der Waals surface area contributed by atoms with Gasteiger partial charge in [-0.15, -0.1) is 0 Å². The Labute approximate surface area is 216 Å². The first-order valence-electron chi connectivity index (χ1n) is 14.4. The van der Waals surface area contributed by atoms with Gasteiger partial charge in [-0.2, -0.15) is 0 Å². The first-order chi connectivity index (χ1) is 16.7. The van der Waals surface area contributed by atoms with E-state index in [4.69, 9.17) is 0 Å². The first-order valence-corrected chi connectivity index (χ1v) is 14.4. The van der Waals surface area contributed by atoms with Gasteiger partial charge in [0.25, 0.3) is 5.92 Å². The van der Waals surface area contributed by atoms with E-state index in [2.05, 4.69) is 62.1 Å². The van der Waals surface area contributed by atoms with Crippen LogP contribution in [0.1, 0.15) is 79.6 Å². The molecular weight excluding hydrogens is 465 g/mol. The highest BCUT2D eigenvalue weighted by molar-refractivity contribution is 5.14. The van der Waals surface area contributed by atoms with Gasteiger partial charge >= 0.3 is 0 Å². The van der Waals surface area contributed by atoms with Gasteiger partial charge in [-0.05, 0) is 85.2 Å². The molecular formula is C28H51F3N4O. The molecule has 1 aliphatic heterocycles. The minimum absolute atomic E-state index is 0.0788. The highest BCUT2D eigenvalue weighted by atomic mass is 19.3. The molecule has 0 aromatic rings. The number of aliphatic hydroxyl groups excluding tert-OH is 1. The Hall–Kier alpha value is -0.410. The van der Waals surface area contributed by atoms with Crippen molar-refractivity contribution >= 4 is 0 Å². The van der Waals surface area contributed by atoms with E-state index >= 15 is 4.39 Å². The van der Waals surface area contributed by atoms with Crippen LogP contribution in [0.3, 0.4) is 0 Å². The van der Waals surface area contributed by atoms with Crippen LogP contribution in [0.4, 0.5) is 13.2 Å². The predicted octanol–water partition coefficient (Wildman–Crippen LogP) is 4.05. The number of likely N-dealkylation sites (N-methyl/N-ethyl adjacent to an activating group) is 1. The maximum atomic E-state index is 15.0. The van der Waals surface area contributed by atoms with E-state index in [1.54, 1.807) is 0 Å². The zero-order valence-corrected chi connectivity index (χ0v) is 23.4. The Kier molecular flexibility index (Phi) is 8.44. The zero-order valence-electron chi connectivity index (χ0n) is 23.4. The van der Waals surface area contributed by atoms with Crippen LogP contribution in [0.5, 0.6) is 0 Å². The van der Waals surface area contributed by atoms with Crippen LogP contribution >= 0.6 is 0 Å². The van der Waals surface area contributed by atoms with Gasteiger partial charge < -0.3 is 20.6 Å². The fourth-order valence-corrected chi connectivity index (χ4v) is 7.68. The van der Waals surface area contributed by atoms with Crippen LogP contribution in [-0.4, -0.2) is 95.5 Å². The Morgan fingerprint density at radius 3 is 2.39 bits per heavy atom. The fourth-order valence-electron chi connectivity index (χ4n) is 7.68. The molecule has 4 aliphatic rings. The van der Waals surface area contributed by atoms with Crippen molar-refractivity contribution in [3.8, 4) is 0 Å². The van der Waals surface area contributed by atoms with E-state index in [1.807, 2.05) is 0 Å². The maximum absolute atomic E-state index is 15.0. The third-order valence-electron chi connectivity index (χ3n) is 9.34. The second-order valence-corrected chi connectivity index (χ2v) is 13.9. The third-order valence-corrected chi connectivity index (χ3v) is 9.34. The summed E-state index contributed by atoms with van der Waals surface area (Å²) in [5, 5.41) is 17.0. The molecule has 0 bridgehead atoms. The molecule has 1 saturated heterocycles. The fraction of sp³-hybridized carbons (Fsp3) is 1.00. The number of nitrogens with zero attached hydrogens (tertiary/aromatic N) is 2. The Bertz CT molecular complexity index is 747. The van der Waals surface area contributed by atoms with Crippen LogP contribution in [0.15, 0.2) is 0 Å². The standard InChI is InChI=1S/C28H51F3N4O/c1-18(2)32-22-12-19(8-9-24(22)35-11-7-10-27(29,16-35)17-36)15-34(6)25-14-21-20(28(21,30)31)13-23(25)33-26(3,4)5/h18-25,32-33,36H,7-17H2,1-6H3/t19?,20?,21-,22-,23+,24-,25+,27-/m0/s1. The van der Waals surface area contributed by atoms with Crippen molar-refractivity contribution < 1.29 is 18.3 Å². The number of hydrogen-bond donors (Lipinski definition) is 3. The summed E-state index contributed by atoms with van der Waals surface area (Å²) >= 11 is 0. The summed E-state index contributed by atoms with van der Waals surface area (Å²) in [7, 11) is 2.13. The first kappa shape index (κ1) is 28.6. The minimum atomic E-state index is -2.49. The van der Waals surface area contributed by atoms with Gasteiger partial charge in [-0.3, -0.25) is 4.90 Å². The summed E-state index contributed by atoms with van der Waals surface area (Å²) < 4.78 is 43.8. The largest absolute Gasteiger partial charge is 0.393 e. The van der Waals surface area contributed by atoms with E-state index in [0.29, 0.717) is 37.8 Å². The molecule has 0 radical (unpaired) electrons. The number of halogens is 3. The van der Waals surface area contributed by atoms with Crippen LogP contribution in [0.2, 0.25) is 0 Å². The second-order valence-electron chi connectivity index (χ2n) is 13.9. The SMILES string of the molecule is CC(C)N[C@H]1CC(CN(C)[C@@H]2C[C@H]3C(C[C@H]2NC(C)(C)C)C3(F)F)CC[C@@H]1N1CCC[C@@](F)(CO)C1. The molecule has 36 heavy (non-hydrogen) atoms. The van der Waals surface area contributed by atoms with Crippen molar-refractivity contribution in [2.45, 2.75) is 127 Å². The van der Waals surface area contributed by atoms with Gasteiger partial charge in [0.05, 0.1) is 6.61 Å². The topological polar surface area (TPSA) is 50.8 Å². The summed E-state index contributed by atoms with van der Waals surface area (Å²) in [6.45, 7) is 12.4. The highest BCUT2D eigenvalue weighted by Crippen LogP contribution is 2.62. The quantitative estimate of drug-likeness (QED) is 0.455. The number of alkyl halides is 3. The second kappa shape index (κ2) is 10.6.